The summed E-state index contributed by atoms with van der Waals surface area (Å²) in [6.07, 6.45) is 0. The van der Waals surface area contributed by atoms with Crippen LogP contribution < -0.4 is 5.32 Å². The van der Waals surface area contributed by atoms with Crippen molar-refractivity contribution in [1.82, 2.24) is 15.5 Å². The number of rotatable bonds is 5. The number of carbonyl (C=O) groups is 1. The molecule has 6 heteroatoms. The monoisotopic (exact) mass is 279 g/mol. The molecule has 0 saturated heterocycles. The van der Waals surface area contributed by atoms with E-state index < -0.39 is 0 Å². The minimum Gasteiger partial charge on any atom is -0.394 e. The zero-order valence-electron chi connectivity index (χ0n) is 10.9. The van der Waals surface area contributed by atoms with E-state index in [-0.39, 0.29) is 24.5 Å². The van der Waals surface area contributed by atoms with Gasteiger partial charge in [0, 0.05) is 10.9 Å². The van der Waals surface area contributed by atoms with E-state index in [1.165, 1.54) is 0 Å². The Morgan fingerprint density at radius 2 is 2.37 bits per heavy atom. The van der Waals surface area contributed by atoms with Crippen molar-refractivity contribution in [1.29, 1.82) is 0 Å². The Morgan fingerprint density at radius 1 is 1.58 bits per heavy atom. The van der Waals surface area contributed by atoms with Crippen LogP contribution in [-0.4, -0.2) is 33.9 Å². The molecule has 102 valence electrons. The van der Waals surface area contributed by atoms with Gasteiger partial charge in [0.2, 0.25) is 0 Å². The number of aliphatic hydroxyl groups is 1. The molecule has 1 amide bonds. The molecule has 0 aromatic carbocycles. The Hall–Kier alpha value is -1.66. The summed E-state index contributed by atoms with van der Waals surface area (Å²) < 4.78 is 0. The lowest BCUT2D eigenvalue weighted by Crippen LogP contribution is -2.41. The smallest absolute Gasteiger partial charge is 0.269 e. The van der Waals surface area contributed by atoms with Crippen LogP contribution in [0.15, 0.2) is 22.9 Å². The van der Waals surface area contributed by atoms with Gasteiger partial charge in [-0.05, 0) is 23.4 Å². The number of aromatic nitrogens is 2. The standard InChI is InChI=1S/C13H17N3O2S/c1-8(2)12(6-17)14-13(18)11-5-10(15-16-11)9-3-4-19-7-9/h3-5,7-8,12,17H,6H2,1-2H3,(H,14,18)(H,15,16)/t12-/m1/s1. The van der Waals surface area contributed by atoms with Gasteiger partial charge < -0.3 is 10.4 Å². The number of thiophene rings is 1. The molecule has 2 rings (SSSR count). The summed E-state index contributed by atoms with van der Waals surface area (Å²) in [6.45, 7) is 3.82. The lowest BCUT2D eigenvalue weighted by molar-refractivity contribution is 0.0892. The summed E-state index contributed by atoms with van der Waals surface area (Å²) >= 11 is 1.58. The fourth-order valence-corrected chi connectivity index (χ4v) is 2.32. The SMILES string of the molecule is CC(C)[C@@H](CO)NC(=O)c1cc(-c2ccsc2)n[nH]1. The Labute approximate surface area is 115 Å². The van der Waals surface area contributed by atoms with Crippen LogP contribution in [0.5, 0.6) is 0 Å². The quantitative estimate of drug-likeness (QED) is 0.782. The number of hydrogen-bond donors (Lipinski definition) is 3. The molecule has 1 atom stereocenters. The van der Waals surface area contributed by atoms with Crippen molar-refractivity contribution in [3.05, 3.63) is 28.6 Å². The number of amides is 1. The Kier molecular flexibility index (Phi) is 4.34. The molecule has 0 aliphatic heterocycles. The lowest BCUT2D eigenvalue weighted by atomic mass is 10.1. The van der Waals surface area contributed by atoms with Crippen LogP contribution in [0.4, 0.5) is 0 Å². The first-order chi connectivity index (χ1) is 9.11. The summed E-state index contributed by atoms with van der Waals surface area (Å²) in [6, 6.07) is 3.42. The van der Waals surface area contributed by atoms with Gasteiger partial charge in [0.15, 0.2) is 0 Å². The largest absolute Gasteiger partial charge is 0.394 e. The van der Waals surface area contributed by atoms with Gasteiger partial charge in [-0.25, -0.2) is 0 Å². The number of hydrogen-bond acceptors (Lipinski definition) is 4. The minimum atomic E-state index is -0.250. The van der Waals surface area contributed by atoms with Crippen molar-refractivity contribution in [3.8, 4) is 11.3 Å². The number of H-pyrrole nitrogens is 1. The molecule has 0 spiro atoms. The highest BCUT2D eigenvalue weighted by atomic mass is 32.1. The predicted octanol–water partition coefficient (Wildman–Crippen LogP) is 1.88. The van der Waals surface area contributed by atoms with E-state index >= 15 is 0 Å². The first kappa shape index (κ1) is 13.8. The second-order valence-electron chi connectivity index (χ2n) is 4.69. The van der Waals surface area contributed by atoms with E-state index in [4.69, 9.17) is 0 Å². The van der Waals surface area contributed by atoms with E-state index in [1.54, 1.807) is 17.4 Å². The second kappa shape index (κ2) is 5.99. The van der Waals surface area contributed by atoms with Gasteiger partial charge in [-0.2, -0.15) is 16.4 Å². The van der Waals surface area contributed by atoms with E-state index in [0.29, 0.717) is 5.69 Å². The van der Waals surface area contributed by atoms with Crippen LogP contribution >= 0.6 is 11.3 Å². The van der Waals surface area contributed by atoms with Gasteiger partial charge in [0.1, 0.15) is 5.69 Å². The Morgan fingerprint density at radius 3 is 2.95 bits per heavy atom. The predicted molar refractivity (Wildman–Crippen MR) is 75.1 cm³/mol. The molecule has 0 unspecified atom stereocenters. The molecule has 0 aliphatic rings. The number of nitrogens with one attached hydrogen (secondary N) is 2. The Bertz CT molecular complexity index is 534. The van der Waals surface area contributed by atoms with Crippen LogP contribution in [0.25, 0.3) is 11.3 Å². The molecule has 0 radical (unpaired) electrons. The lowest BCUT2D eigenvalue weighted by Gasteiger charge is -2.19. The third-order valence-electron chi connectivity index (χ3n) is 2.96. The van der Waals surface area contributed by atoms with Crippen molar-refractivity contribution in [3.63, 3.8) is 0 Å². The summed E-state index contributed by atoms with van der Waals surface area (Å²) in [7, 11) is 0. The van der Waals surface area contributed by atoms with Gasteiger partial charge in [-0.1, -0.05) is 13.8 Å². The molecule has 2 aromatic heterocycles. The molecule has 0 bridgehead atoms. The zero-order chi connectivity index (χ0) is 13.8. The highest BCUT2D eigenvalue weighted by Crippen LogP contribution is 2.20. The van der Waals surface area contributed by atoms with Crippen molar-refractivity contribution < 1.29 is 9.90 Å². The van der Waals surface area contributed by atoms with Gasteiger partial charge in [-0.3, -0.25) is 9.89 Å². The zero-order valence-corrected chi connectivity index (χ0v) is 11.7. The molecule has 2 aromatic rings. The van der Waals surface area contributed by atoms with Gasteiger partial charge in [-0.15, -0.1) is 0 Å². The van der Waals surface area contributed by atoms with Gasteiger partial charge in [0.25, 0.3) is 5.91 Å². The van der Waals surface area contributed by atoms with Crippen molar-refractivity contribution in [2.24, 2.45) is 5.92 Å². The van der Waals surface area contributed by atoms with Crippen LogP contribution in [0.3, 0.4) is 0 Å². The highest BCUT2D eigenvalue weighted by Gasteiger charge is 2.18. The molecular formula is C13H17N3O2S. The topological polar surface area (TPSA) is 78.0 Å². The number of nitrogens with zero attached hydrogens (tertiary/aromatic N) is 1. The Balaban J connectivity index is 2.08. The third-order valence-corrected chi connectivity index (χ3v) is 3.64. The normalized spacial score (nSPS) is 12.6. The average Bonchev–Trinajstić information content (AvgIpc) is 3.04. The fourth-order valence-electron chi connectivity index (χ4n) is 1.67. The number of carbonyl (C=O) groups excluding carboxylic acids is 1. The van der Waals surface area contributed by atoms with Gasteiger partial charge >= 0.3 is 0 Å². The third kappa shape index (κ3) is 3.21. The van der Waals surface area contributed by atoms with E-state index in [9.17, 15) is 9.90 Å². The summed E-state index contributed by atoms with van der Waals surface area (Å²) in [5, 5.41) is 22.8. The number of aromatic amines is 1. The summed E-state index contributed by atoms with van der Waals surface area (Å²) in [5.74, 6) is -0.0741. The minimum absolute atomic E-state index is 0.0745. The first-order valence-corrected chi connectivity index (χ1v) is 7.05. The maximum atomic E-state index is 12.0. The van der Waals surface area contributed by atoms with Crippen molar-refractivity contribution in [2.45, 2.75) is 19.9 Å². The van der Waals surface area contributed by atoms with Crippen LogP contribution in [0, 0.1) is 5.92 Å². The van der Waals surface area contributed by atoms with E-state index in [1.807, 2.05) is 30.7 Å². The maximum absolute atomic E-state index is 12.0. The first-order valence-electron chi connectivity index (χ1n) is 6.11. The molecule has 0 fully saturated rings. The fraction of sp³-hybridized carbons (Fsp3) is 0.385. The second-order valence-corrected chi connectivity index (χ2v) is 5.47. The molecule has 3 N–H and O–H groups in total. The number of aliphatic hydroxyl groups excluding tert-OH is 1. The van der Waals surface area contributed by atoms with Crippen molar-refractivity contribution >= 4 is 17.2 Å². The molecule has 2 heterocycles. The molecule has 19 heavy (non-hydrogen) atoms. The maximum Gasteiger partial charge on any atom is 0.269 e. The van der Waals surface area contributed by atoms with Crippen molar-refractivity contribution in [2.75, 3.05) is 6.61 Å². The highest BCUT2D eigenvalue weighted by molar-refractivity contribution is 7.08. The van der Waals surface area contributed by atoms with E-state index in [0.717, 1.165) is 11.3 Å². The summed E-state index contributed by atoms with van der Waals surface area (Å²) in [4.78, 5) is 12.0. The van der Waals surface area contributed by atoms with Crippen LogP contribution in [0.1, 0.15) is 24.3 Å². The molecule has 5 nitrogen and oxygen atoms in total. The molecular weight excluding hydrogens is 262 g/mol. The summed E-state index contributed by atoms with van der Waals surface area (Å²) in [5.41, 5.74) is 2.14. The molecule has 0 aliphatic carbocycles. The van der Waals surface area contributed by atoms with Gasteiger partial charge in [0.05, 0.1) is 18.3 Å². The van der Waals surface area contributed by atoms with Crippen LogP contribution in [-0.2, 0) is 0 Å². The molecule has 0 saturated carbocycles. The average molecular weight is 279 g/mol. The van der Waals surface area contributed by atoms with E-state index in [2.05, 4.69) is 15.5 Å². The van der Waals surface area contributed by atoms with Crippen LogP contribution in [0.2, 0.25) is 0 Å².